The molecule has 0 bridgehead atoms. The summed E-state index contributed by atoms with van der Waals surface area (Å²) in [5, 5.41) is 3.98. The van der Waals surface area contributed by atoms with E-state index >= 15 is 0 Å². The number of fused-ring (bicyclic) bond motifs is 1. The third-order valence-electron chi connectivity index (χ3n) is 3.52. The fourth-order valence-corrected chi connectivity index (χ4v) is 2.33. The van der Waals surface area contributed by atoms with Gasteiger partial charge in [0.15, 0.2) is 0 Å². The van der Waals surface area contributed by atoms with Crippen LogP contribution in [-0.4, -0.2) is 28.7 Å². The van der Waals surface area contributed by atoms with Gasteiger partial charge in [-0.1, -0.05) is 19.1 Å². The van der Waals surface area contributed by atoms with E-state index in [0.29, 0.717) is 12.4 Å². The summed E-state index contributed by atoms with van der Waals surface area (Å²) in [6, 6.07) is 15.2. The number of imidazole rings is 1. The lowest BCUT2D eigenvalue weighted by atomic mass is 10.2. The van der Waals surface area contributed by atoms with Crippen molar-refractivity contribution in [1.29, 1.82) is 0 Å². The molecule has 6 heteroatoms. The predicted molar refractivity (Wildman–Crippen MR) is 97.8 cm³/mol. The Kier molecular flexibility index (Phi) is 5.41. The first-order chi connectivity index (χ1) is 12.2. The number of rotatable bonds is 7. The monoisotopic (exact) mass is 336 g/mol. The standard InChI is InChI=1S/C19H20N4O2/c1-2-11-25-15-9-7-14(8-10-15)13-20-23-19(24)12-18-21-16-5-3-4-6-17(16)22-18/h3-10,13H,2,11-12H2,1H3,(H,21,22)(H,23,24)/b20-13+. The SMILES string of the molecule is CCCOc1ccc(/C=N/NC(=O)Cc2nc3ccccc3[nH]2)cc1. The number of nitrogens with zero attached hydrogens (tertiary/aromatic N) is 2. The number of para-hydroxylation sites is 2. The number of hydrogen-bond acceptors (Lipinski definition) is 4. The third-order valence-corrected chi connectivity index (χ3v) is 3.52. The van der Waals surface area contributed by atoms with Gasteiger partial charge in [-0.05, 0) is 48.4 Å². The number of hydrogen-bond donors (Lipinski definition) is 2. The minimum atomic E-state index is -0.224. The van der Waals surface area contributed by atoms with E-state index in [4.69, 9.17) is 4.74 Å². The molecule has 1 heterocycles. The molecule has 1 amide bonds. The van der Waals surface area contributed by atoms with Gasteiger partial charge in [0.1, 0.15) is 11.6 Å². The van der Waals surface area contributed by atoms with Crippen LogP contribution in [0.3, 0.4) is 0 Å². The van der Waals surface area contributed by atoms with Crippen LogP contribution in [0, 0.1) is 0 Å². The van der Waals surface area contributed by atoms with Crippen LogP contribution >= 0.6 is 0 Å². The lowest BCUT2D eigenvalue weighted by molar-refractivity contribution is -0.120. The van der Waals surface area contributed by atoms with Gasteiger partial charge in [-0.3, -0.25) is 4.79 Å². The lowest BCUT2D eigenvalue weighted by Crippen LogP contribution is -2.20. The Morgan fingerprint density at radius 1 is 1.24 bits per heavy atom. The molecule has 1 aromatic heterocycles. The van der Waals surface area contributed by atoms with E-state index < -0.39 is 0 Å². The molecule has 128 valence electrons. The van der Waals surface area contributed by atoms with Crippen molar-refractivity contribution in [3.05, 3.63) is 59.9 Å². The lowest BCUT2D eigenvalue weighted by Gasteiger charge is -2.03. The summed E-state index contributed by atoms with van der Waals surface area (Å²) >= 11 is 0. The maximum atomic E-state index is 11.9. The van der Waals surface area contributed by atoms with Gasteiger partial charge >= 0.3 is 0 Å². The molecule has 3 aromatic rings. The number of carbonyl (C=O) groups is 1. The second-order valence-corrected chi connectivity index (χ2v) is 5.59. The quantitative estimate of drug-likeness (QED) is 0.514. The molecule has 2 aromatic carbocycles. The molecule has 25 heavy (non-hydrogen) atoms. The van der Waals surface area contributed by atoms with Crippen molar-refractivity contribution in [2.75, 3.05) is 6.61 Å². The summed E-state index contributed by atoms with van der Waals surface area (Å²) in [6.45, 7) is 2.76. The first-order valence-electron chi connectivity index (χ1n) is 8.23. The molecular formula is C19H20N4O2. The van der Waals surface area contributed by atoms with Gasteiger partial charge in [0, 0.05) is 0 Å². The van der Waals surface area contributed by atoms with Crippen LogP contribution in [-0.2, 0) is 11.2 Å². The minimum Gasteiger partial charge on any atom is -0.494 e. The van der Waals surface area contributed by atoms with Gasteiger partial charge in [-0.2, -0.15) is 5.10 Å². The molecule has 0 fully saturated rings. The zero-order chi connectivity index (χ0) is 17.5. The second-order valence-electron chi connectivity index (χ2n) is 5.59. The van der Waals surface area contributed by atoms with Gasteiger partial charge in [0.25, 0.3) is 0 Å². The Balaban J connectivity index is 1.52. The smallest absolute Gasteiger partial charge is 0.247 e. The Hall–Kier alpha value is -3.15. The van der Waals surface area contributed by atoms with E-state index in [0.717, 1.165) is 28.8 Å². The normalized spacial score (nSPS) is 11.1. The summed E-state index contributed by atoms with van der Waals surface area (Å²) in [7, 11) is 0. The van der Waals surface area contributed by atoms with E-state index in [2.05, 4.69) is 27.4 Å². The van der Waals surface area contributed by atoms with Crippen LogP contribution in [0.15, 0.2) is 53.6 Å². The van der Waals surface area contributed by atoms with E-state index in [1.807, 2.05) is 48.5 Å². The first kappa shape index (κ1) is 16.7. The van der Waals surface area contributed by atoms with E-state index in [9.17, 15) is 4.79 Å². The summed E-state index contributed by atoms with van der Waals surface area (Å²) in [6.07, 6.45) is 2.72. The minimum absolute atomic E-state index is 0.149. The maximum Gasteiger partial charge on any atom is 0.247 e. The number of H-pyrrole nitrogens is 1. The number of aromatic amines is 1. The molecule has 0 saturated carbocycles. The molecule has 0 atom stereocenters. The number of ether oxygens (including phenoxy) is 1. The van der Waals surface area contributed by atoms with Crippen LogP contribution in [0.25, 0.3) is 11.0 Å². The van der Waals surface area contributed by atoms with Gasteiger partial charge in [0.05, 0.1) is 30.3 Å². The Morgan fingerprint density at radius 2 is 2.04 bits per heavy atom. The molecular weight excluding hydrogens is 316 g/mol. The Labute approximate surface area is 145 Å². The summed E-state index contributed by atoms with van der Waals surface area (Å²) in [5.41, 5.74) is 5.16. The van der Waals surface area contributed by atoms with Crippen molar-refractivity contribution in [1.82, 2.24) is 15.4 Å². The van der Waals surface area contributed by atoms with Crippen molar-refractivity contribution < 1.29 is 9.53 Å². The number of carbonyl (C=O) groups excluding carboxylic acids is 1. The first-order valence-corrected chi connectivity index (χ1v) is 8.23. The Morgan fingerprint density at radius 3 is 2.80 bits per heavy atom. The summed E-state index contributed by atoms with van der Waals surface area (Å²) < 4.78 is 5.52. The van der Waals surface area contributed by atoms with Crippen LogP contribution in [0.4, 0.5) is 0 Å². The topological polar surface area (TPSA) is 79.4 Å². The number of amides is 1. The third kappa shape index (κ3) is 4.67. The van der Waals surface area contributed by atoms with E-state index in [1.165, 1.54) is 0 Å². The largest absolute Gasteiger partial charge is 0.494 e. The molecule has 6 nitrogen and oxygen atoms in total. The van der Waals surface area contributed by atoms with E-state index in [-0.39, 0.29) is 12.3 Å². The van der Waals surface area contributed by atoms with Crippen molar-refractivity contribution in [2.24, 2.45) is 5.10 Å². The van der Waals surface area contributed by atoms with E-state index in [1.54, 1.807) is 6.21 Å². The molecule has 0 aliphatic heterocycles. The highest BCUT2D eigenvalue weighted by molar-refractivity contribution is 5.83. The van der Waals surface area contributed by atoms with Crippen LogP contribution in [0.1, 0.15) is 24.7 Å². The Bertz CT molecular complexity index is 836. The van der Waals surface area contributed by atoms with Gasteiger partial charge in [-0.15, -0.1) is 0 Å². The molecule has 0 spiro atoms. The van der Waals surface area contributed by atoms with Crippen molar-refractivity contribution in [2.45, 2.75) is 19.8 Å². The number of benzene rings is 2. The molecule has 0 aliphatic carbocycles. The summed E-state index contributed by atoms with van der Waals surface area (Å²) in [4.78, 5) is 19.4. The predicted octanol–water partition coefficient (Wildman–Crippen LogP) is 3.04. The molecule has 0 aliphatic rings. The number of aromatic nitrogens is 2. The highest BCUT2D eigenvalue weighted by Crippen LogP contribution is 2.12. The molecule has 2 N–H and O–H groups in total. The zero-order valence-electron chi connectivity index (χ0n) is 14.0. The fourth-order valence-electron chi connectivity index (χ4n) is 2.33. The average Bonchev–Trinajstić information content (AvgIpc) is 3.03. The van der Waals surface area contributed by atoms with Gasteiger partial charge < -0.3 is 9.72 Å². The molecule has 0 saturated heterocycles. The summed E-state index contributed by atoms with van der Waals surface area (Å²) in [5.74, 6) is 1.22. The molecule has 3 rings (SSSR count). The number of hydrazone groups is 1. The average molecular weight is 336 g/mol. The van der Waals surface area contributed by atoms with Crippen LogP contribution in [0.2, 0.25) is 0 Å². The van der Waals surface area contributed by atoms with Crippen molar-refractivity contribution in [3.8, 4) is 5.75 Å². The highest BCUT2D eigenvalue weighted by atomic mass is 16.5. The number of nitrogens with one attached hydrogen (secondary N) is 2. The van der Waals surface area contributed by atoms with Gasteiger partial charge in [0.2, 0.25) is 5.91 Å². The van der Waals surface area contributed by atoms with Crippen molar-refractivity contribution in [3.63, 3.8) is 0 Å². The van der Waals surface area contributed by atoms with Crippen LogP contribution in [0.5, 0.6) is 5.75 Å². The maximum absolute atomic E-state index is 11.9. The highest BCUT2D eigenvalue weighted by Gasteiger charge is 2.07. The van der Waals surface area contributed by atoms with Gasteiger partial charge in [-0.25, -0.2) is 10.4 Å². The van der Waals surface area contributed by atoms with Crippen LogP contribution < -0.4 is 10.2 Å². The molecule has 0 unspecified atom stereocenters. The fraction of sp³-hybridized carbons (Fsp3) is 0.211. The molecule has 0 radical (unpaired) electrons. The second kappa shape index (κ2) is 8.10. The zero-order valence-corrected chi connectivity index (χ0v) is 14.0. The van der Waals surface area contributed by atoms with Crippen molar-refractivity contribution >= 4 is 23.2 Å².